The Balaban J connectivity index is 1.70. The Kier molecular flexibility index (Phi) is 3.93. The van der Waals surface area contributed by atoms with Crippen molar-refractivity contribution in [3.05, 3.63) is 70.6 Å². The van der Waals surface area contributed by atoms with Crippen molar-refractivity contribution in [3.63, 3.8) is 0 Å². The number of benzene rings is 2. The Labute approximate surface area is 152 Å². The fourth-order valence-electron chi connectivity index (χ4n) is 2.65. The topological polar surface area (TPSA) is 75.6 Å². The molecule has 4 aromatic rings. The van der Waals surface area contributed by atoms with Crippen LogP contribution in [0.4, 0.5) is 10.2 Å². The average Bonchev–Trinajstić information content (AvgIpc) is 3.17. The molecule has 26 heavy (non-hydrogen) atoms. The van der Waals surface area contributed by atoms with Crippen LogP contribution in [0.1, 0.15) is 16.1 Å². The average molecular weight is 370 g/mol. The van der Waals surface area contributed by atoms with Crippen LogP contribution in [0.3, 0.4) is 0 Å². The van der Waals surface area contributed by atoms with Crippen LogP contribution in [0, 0.1) is 12.7 Å². The van der Waals surface area contributed by atoms with Crippen LogP contribution < -0.4 is 5.32 Å². The van der Waals surface area contributed by atoms with E-state index in [-0.39, 0.29) is 10.6 Å². The van der Waals surface area contributed by atoms with E-state index < -0.39 is 11.7 Å². The van der Waals surface area contributed by atoms with E-state index in [0.29, 0.717) is 17.5 Å². The van der Waals surface area contributed by atoms with Gasteiger partial charge in [0.2, 0.25) is 5.95 Å². The lowest BCUT2D eigenvalue weighted by atomic mass is 10.2. The maximum absolute atomic E-state index is 13.2. The molecule has 130 valence electrons. The van der Waals surface area contributed by atoms with Gasteiger partial charge in [-0.1, -0.05) is 23.7 Å². The number of hydrogen-bond donors (Lipinski definition) is 2. The first kappa shape index (κ1) is 16.3. The van der Waals surface area contributed by atoms with Crippen molar-refractivity contribution in [2.75, 3.05) is 5.32 Å². The fraction of sp³-hybridized carbons (Fsp3) is 0.0556. The minimum atomic E-state index is -0.505. The summed E-state index contributed by atoms with van der Waals surface area (Å²) in [5.74, 6) is -0.0753. The van der Waals surface area contributed by atoms with Crippen molar-refractivity contribution in [2.45, 2.75) is 6.92 Å². The third-order valence-electron chi connectivity index (χ3n) is 3.83. The van der Waals surface area contributed by atoms with Crippen molar-refractivity contribution in [2.24, 2.45) is 0 Å². The van der Waals surface area contributed by atoms with E-state index in [1.165, 1.54) is 16.8 Å². The van der Waals surface area contributed by atoms with Gasteiger partial charge in [-0.25, -0.2) is 9.37 Å². The van der Waals surface area contributed by atoms with Gasteiger partial charge in [-0.15, -0.1) is 0 Å². The molecule has 0 atom stereocenters. The number of imidazole rings is 1. The number of nitrogens with zero attached hydrogens (tertiary/aromatic N) is 3. The number of anilines is 1. The highest BCUT2D eigenvalue weighted by atomic mass is 35.5. The number of aromatic amines is 1. The summed E-state index contributed by atoms with van der Waals surface area (Å²) in [5.41, 5.74) is 2.51. The minimum absolute atomic E-state index is 0.0361. The number of hydrogen-bond acceptors (Lipinski definition) is 3. The normalized spacial score (nSPS) is 11.0. The molecule has 0 spiro atoms. The van der Waals surface area contributed by atoms with E-state index >= 15 is 0 Å². The molecule has 0 bridgehead atoms. The van der Waals surface area contributed by atoms with Gasteiger partial charge in [0.25, 0.3) is 5.91 Å². The summed E-state index contributed by atoms with van der Waals surface area (Å²) in [6.07, 6.45) is 0. The SMILES string of the molecule is Cc1cc(NC(=O)c2ccc(F)cc2Cl)n(-c2nc3ccccc3[nH]2)n1. The Morgan fingerprint density at radius 3 is 2.81 bits per heavy atom. The first-order valence-electron chi connectivity index (χ1n) is 7.79. The molecular formula is C18H13ClFN5O. The number of halogens is 2. The quantitative estimate of drug-likeness (QED) is 0.570. The van der Waals surface area contributed by atoms with Gasteiger partial charge < -0.3 is 10.3 Å². The molecule has 8 heteroatoms. The Hall–Kier alpha value is -3.19. The highest BCUT2D eigenvalue weighted by Crippen LogP contribution is 2.22. The Morgan fingerprint density at radius 2 is 2.04 bits per heavy atom. The van der Waals surface area contributed by atoms with Crippen molar-refractivity contribution in [1.82, 2.24) is 19.7 Å². The molecule has 4 rings (SSSR count). The van der Waals surface area contributed by atoms with Gasteiger partial charge in [0.1, 0.15) is 11.6 Å². The number of fused-ring (bicyclic) bond motifs is 1. The van der Waals surface area contributed by atoms with Crippen LogP contribution >= 0.6 is 11.6 Å². The summed E-state index contributed by atoms with van der Waals surface area (Å²) in [7, 11) is 0. The second kappa shape index (κ2) is 6.27. The van der Waals surface area contributed by atoms with Crippen molar-refractivity contribution in [3.8, 4) is 5.95 Å². The number of amides is 1. The lowest BCUT2D eigenvalue weighted by Crippen LogP contribution is -2.16. The van der Waals surface area contributed by atoms with Crippen molar-refractivity contribution >= 4 is 34.4 Å². The van der Waals surface area contributed by atoms with E-state index in [9.17, 15) is 9.18 Å². The minimum Gasteiger partial charge on any atom is -0.322 e. The predicted molar refractivity (Wildman–Crippen MR) is 97.3 cm³/mol. The number of para-hydroxylation sites is 2. The Morgan fingerprint density at radius 1 is 1.23 bits per heavy atom. The number of nitrogens with one attached hydrogen (secondary N) is 2. The number of carbonyl (C=O) groups excluding carboxylic acids is 1. The molecule has 2 aromatic carbocycles. The maximum atomic E-state index is 13.2. The summed E-state index contributed by atoms with van der Waals surface area (Å²) < 4.78 is 14.7. The monoisotopic (exact) mass is 369 g/mol. The molecular weight excluding hydrogens is 357 g/mol. The molecule has 0 saturated heterocycles. The van der Waals surface area contributed by atoms with Crippen molar-refractivity contribution in [1.29, 1.82) is 0 Å². The summed E-state index contributed by atoms with van der Waals surface area (Å²) in [4.78, 5) is 20.2. The van der Waals surface area contributed by atoms with Crippen LogP contribution in [0.2, 0.25) is 5.02 Å². The van der Waals surface area contributed by atoms with Gasteiger partial charge in [0.05, 0.1) is 27.3 Å². The molecule has 6 nitrogen and oxygen atoms in total. The lowest BCUT2D eigenvalue weighted by Gasteiger charge is -2.08. The summed E-state index contributed by atoms with van der Waals surface area (Å²) in [6, 6.07) is 12.9. The van der Waals surface area contributed by atoms with Crippen molar-refractivity contribution < 1.29 is 9.18 Å². The van der Waals surface area contributed by atoms with Gasteiger partial charge in [-0.3, -0.25) is 4.79 Å². The Bertz CT molecular complexity index is 1100. The highest BCUT2D eigenvalue weighted by Gasteiger charge is 2.17. The lowest BCUT2D eigenvalue weighted by molar-refractivity contribution is 0.102. The van der Waals surface area contributed by atoms with Crippen LogP contribution in [-0.4, -0.2) is 25.7 Å². The second-order valence-corrected chi connectivity index (χ2v) is 6.15. The molecule has 0 saturated carbocycles. The zero-order valence-corrected chi connectivity index (χ0v) is 14.4. The number of H-pyrrole nitrogens is 1. The zero-order valence-electron chi connectivity index (χ0n) is 13.6. The molecule has 0 unspecified atom stereocenters. The number of aromatic nitrogens is 4. The van der Waals surface area contributed by atoms with Crippen LogP contribution in [0.25, 0.3) is 17.0 Å². The highest BCUT2D eigenvalue weighted by molar-refractivity contribution is 6.34. The second-order valence-electron chi connectivity index (χ2n) is 5.74. The molecule has 0 aliphatic rings. The van der Waals surface area contributed by atoms with Crippen LogP contribution in [-0.2, 0) is 0 Å². The molecule has 2 heterocycles. The van der Waals surface area contributed by atoms with E-state index in [1.54, 1.807) is 13.0 Å². The number of rotatable bonds is 3. The zero-order chi connectivity index (χ0) is 18.3. The third-order valence-corrected chi connectivity index (χ3v) is 4.14. The van der Waals surface area contributed by atoms with Gasteiger partial charge in [0, 0.05) is 6.07 Å². The van der Waals surface area contributed by atoms with Gasteiger partial charge in [0.15, 0.2) is 0 Å². The predicted octanol–water partition coefficient (Wildman–Crippen LogP) is 4.10. The number of carbonyl (C=O) groups is 1. The van der Waals surface area contributed by atoms with E-state index in [4.69, 9.17) is 11.6 Å². The smallest absolute Gasteiger partial charge is 0.258 e. The van der Waals surface area contributed by atoms with Gasteiger partial charge in [-0.05, 0) is 37.3 Å². The standard InChI is InChI=1S/C18H13ClFN5O/c1-10-8-16(23-17(26)12-7-6-11(20)9-13(12)19)25(24-10)18-21-14-4-2-3-5-15(14)22-18/h2-9H,1H3,(H,21,22)(H,23,26). The number of aryl methyl sites for hydroxylation is 1. The molecule has 0 aliphatic carbocycles. The van der Waals surface area contributed by atoms with Crippen LogP contribution in [0.5, 0.6) is 0 Å². The molecule has 0 fully saturated rings. The molecule has 1 amide bonds. The first-order chi connectivity index (χ1) is 12.5. The van der Waals surface area contributed by atoms with Gasteiger partial charge >= 0.3 is 0 Å². The summed E-state index contributed by atoms with van der Waals surface area (Å²) >= 11 is 5.96. The summed E-state index contributed by atoms with van der Waals surface area (Å²) in [5, 5.41) is 7.16. The van der Waals surface area contributed by atoms with E-state index in [1.807, 2.05) is 24.3 Å². The van der Waals surface area contributed by atoms with Gasteiger partial charge in [-0.2, -0.15) is 9.78 Å². The van der Waals surface area contributed by atoms with E-state index in [0.717, 1.165) is 17.1 Å². The maximum Gasteiger partial charge on any atom is 0.258 e. The first-order valence-corrected chi connectivity index (χ1v) is 8.17. The molecule has 2 N–H and O–H groups in total. The van der Waals surface area contributed by atoms with E-state index in [2.05, 4.69) is 20.4 Å². The molecule has 0 aliphatic heterocycles. The fourth-order valence-corrected chi connectivity index (χ4v) is 2.90. The largest absolute Gasteiger partial charge is 0.322 e. The van der Waals surface area contributed by atoms with Crippen LogP contribution in [0.15, 0.2) is 48.5 Å². The third kappa shape index (κ3) is 2.93. The molecule has 0 radical (unpaired) electrons. The molecule has 2 aromatic heterocycles. The summed E-state index contributed by atoms with van der Waals surface area (Å²) in [6.45, 7) is 1.81.